The molecule has 88 valence electrons. The molecule has 0 aliphatic heterocycles. The van der Waals surface area contributed by atoms with Crippen molar-refractivity contribution in [2.45, 2.75) is 13.8 Å². The van der Waals surface area contributed by atoms with E-state index in [-0.39, 0.29) is 5.69 Å². The number of nitro benzene ring substituents is 1. The molecule has 0 radical (unpaired) electrons. The van der Waals surface area contributed by atoms with Gasteiger partial charge < -0.3 is 5.32 Å². The lowest BCUT2D eigenvalue weighted by Gasteiger charge is -1.91. The van der Waals surface area contributed by atoms with Crippen LogP contribution < -0.4 is 5.32 Å². The van der Waals surface area contributed by atoms with Crippen molar-refractivity contribution in [3.05, 3.63) is 46.5 Å². The molecule has 0 saturated heterocycles. The molecule has 0 aromatic heterocycles. The summed E-state index contributed by atoms with van der Waals surface area (Å²) in [6.45, 7) is 9.92. The number of nitrogens with zero attached hydrogens (tertiary/aromatic N) is 1. The molecule has 4 heteroatoms. The Morgan fingerprint density at radius 1 is 1.31 bits per heavy atom. The van der Waals surface area contributed by atoms with Crippen molar-refractivity contribution in [2.75, 3.05) is 13.1 Å². The summed E-state index contributed by atoms with van der Waals surface area (Å²) in [5.74, 6) is 0. The number of nitro groups is 1. The molecule has 1 aromatic carbocycles. The molecule has 0 fully saturated rings. The fraction of sp³-hybridized carbons (Fsp3) is 0.333. The lowest BCUT2D eigenvalue weighted by molar-refractivity contribution is -0.384. The van der Waals surface area contributed by atoms with Gasteiger partial charge in [0.05, 0.1) is 4.92 Å². The van der Waals surface area contributed by atoms with Crippen LogP contribution in [0, 0.1) is 10.1 Å². The van der Waals surface area contributed by atoms with Crippen LogP contribution in [0.2, 0.25) is 0 Å². The summed E-state index contributed by atoms with van der Waals surface area (Å²) < 4.78 is 0. The molecule has 0 aliphatic rings. The van der Waals surface area contributed by atoms with E-state index in [0.717, 1.165) is 18.7 Å². The summed E-state index contributed by atoms with van der Waals surface area (Å²) in [6, 6.07) is 6.23. The Bertz CT molecular complexity index is 318. The summed E-state index contributed by atoms with van der Waals surface area (Å²) in [7, 11) is 0. The monoisotopic (exact) mass is 222 g/mol. The molecular weight excluding hydrogens is 204 g/mol. The number of rotatable bonds is 4. The summed E-state index contributed by atoms with van der Waals surface area (Å²) in [5.41, 5.74) is 0.992. The van der Waals surface area contributed by atoms with E-state index in [2.05, 4.69) is 25.7 Å². The quantitative estimate of drug-likeness (QED) is 0.629. The van der Waals surface area contributed by atoms with Gasteiger partial charge in [-0.05, 0) is 30.8 Å². The first-order chi connectivity index (χ1) is 7.65. The van der Waals surface area contributed by atoms with Crippen molar-refractivity contribution < 1.29 is 4.92 Å². The zero-order valence-corrected chi connectivity index (χ0v) is 9.77. The van der Waals surface area contributed by atoms with E-state index in [4.69, 9.17) is 0 Å². The van der Waals surface area contributed by atoms with Gasteiger partial charge in [0.25, 0.3) is 5.69 Å². The minimum atomic E-state index is -0.424. The van der Waals surface area contributed by atoms with Crippen LogP contribution in [0.25, 0.3) is 6.08 Å². The maximum Gasteiger partial charge on any atom is 0.269 e. The average Bonchev–Trinajstić information content (AvgIpc) is 2.31. The van der Waals surface area contributed by atoms with Crippen molar-refractivity contribution in [1.29, 1.82) is 0 Å². The highest BCUT2D eigenvalue weighted by Crippen LogP contribution is 2.11. The van der Waals surface area contributed by atoms with Crippen LogP contribution in [0.5, 0.6) is 0 Å². The Labute approximate surface area is 96.1 Å². The highest BCUT2D eigenvalue weighted by molar-refractivity contribution is 5.49. The minimum absolute atomic E-state index is 0.107. The van der Waals surface area contributed by atoms with Crippen LogP contribution in [0.15, 0.2) is 30.8 Å². The van der Waals surface area contributed by atoms with Gasteiger partial charge in [0.2, 0.25) is 0 Å². The van der Waals surface area contributed by atoms with Crippen molar-refractivity contribution in [3.8, 4) is 0 Å². The van der Waals surface area contributed by atoms with Gasteiger partial charge in [-0.3, -0.25) is 10.1 Å². The Morgan fingerprint density at radius 2 is 1.81 bits per heavy atom. The Morgan fingerprint density at radius 3 is 2.06 bits per heavy atom. The molecule has 0 amide bonds. The molecule has 0 atom stereocenters. The molecule has 0 aliphatic carbocycles. The molecule has 4 nitrogen and oxygen atoms in total. The summed E-state index contributed by atoms with van der Waals surface area (Å²) in [6.07, 6.45) is 1.64. The predicted octanol–water partition coefficient (Wildman–Crippen LogP) is 2.85. The fourth-order valence-corrected chi connectivity index (χ4v) is 0.982. The van der Waals surface area contributed by atoms with E-state index in [1.807, 2.05) is 0 Å². The molecule has 1 rings (SSSR count). The summed E-state index contributed by atoms with van der Waals surface area (Å²) in [4.78, 5) is 9.76. The average molecular weight is 222 g/mol. The van der Waals surface area contributed by atoms with E-state index in [1.165, 1.54) is 12.1 Å². The second-order valence-corrected chi connectivity index (χ2v) is 3.01. The Kier molecular flexibility index (Phi) is 7.71. The van der Waals surface area contributed by atoms with E-state index in [1.54, 1.807) is 18.2 Å². The third-order valence-corrected chi connectivity index (χ3v) is 1.84. The molecule has 1 aromatic rings. The van der Waals surface area contributed by atoms with Crippen molar-refractivity contribution in [3.63, 3.8) is 0 Å². The van der Waals surface area contributed by atoms with Crippen LogP contribution in [-0.4, -0.2) is 18.0 Å². The van der Waals surface area contributed by atoms with Crippen molar-refractivity contribution in [2.24, 2.45) is 0 Å². The number of non-ortho nitro benzene ring substituents is 1. The highest BCUT2D eigenvalue weighted by Gasteiger charge is 2.01. The second-order valence-electron chi connectivity index (χ2n) is 3.01. The summed E-state index contributed by atoms with van der Waals surface area (Å²) in [5, 5.41) is 13.3. The second kappa shape index (κ2) is 8.61. The van der Waals surface area contributed by atoms with Crippen molar-refractivity contribution in [1.82, 2.24) is 5.32 Å². The highest BCUT2D eigenvalue weighted by atomic mass is 16.6. The van der Waals surface area contributed by atoms with Gasteiger partial charge in [-0.2, -0.15) is 0 Å². The third-order valence-electron chi connectivity index (χ3n) is 1.84. The number of benzene rings is 1. The molecule has 0 spiro atoms. The standard InChI is InChI=1S/C8H7NO2.C4H11N/c1-2-7-3-5-8(6-4-7)9(10)11;1-3-5-4-2/h2-6H,1H2;5H,3-4H2,1-2H3. The van der Waals surface area contributed by atoms with Crippen LogP contribution in [0.3, 0.4) is 0 Å². The first kappa shape index (κ1) is 14.3. The van der Waals surface area contributed by atoms with E-state index >= 15 is 0 Å². The molecular formula is C12H18N2O2. The van der Waals surface area contributed by atoms with E-state index in [0.29, 0.717) is 0 Å². The lowest BCUT2D eigenvalue weighted by Crippen LogP contribution is -2.09. The minimum Gasteiger partial charge on any atom is -0.317 e. The largest absolute Gasteiger partial charge is 0.317 e. The number of nitrogens with one attached hydrogen (secondary N) is 1. The van der Waals surface area contributed by atoms with Gasteiger partial charge >= 0.3 is 0 Å². The maximum atomic E-state index is 10.2. The van der Waals surface area contributed by atoms with Gasteiger partial charge in [0.15, 0.2) is 0 Å². The van der Waals surface area contributed by atoms with Crippen molar-refractivity contribution >= 4 is 11.8 Å². The normalized spacial score (nSPS) is 8.88. The first-order valence-electron chi connectivity index (χ1n) is 5.23. The smallest absolute Gasteiger partial charge is 0.269 e. The zero-order chi connectivity index (χ0) is 12.4. The van der Waals surface area contributed by atoms with Gasteiger partial charge in [-0.15, -0.1) is 0 Å². The molecule has 0 bridgehead atoms. The lowest BCUT2D eigenvalue weighted by atomic mass is 10.2. The van der Waals surface area contributed by atoms with E-state index in [9.17, 15) is 10.1 Å². The molecule has 0 saturated carbocycles. The number of hydrogen-bond donors (Lipinski definition) is 1. The fourth-order valence-electron chi connectivity index (χ4n) is 0.982. The molecule has 1 N–H and O–H groups in total. The topological polar surface area (TPSA) is 55.2 Å². The van der Waals surface area contributed by atoms with Gasteiger partial charge in [0.1, 0.15) is 0 Å². The number of hydrogen-bond acceptors (Lipinski definition) is 3. The Hall–Kier alpha value is -1.68. The zero-order valence-electron chi connectivity index (χ0n) is 9.77. The molecule has 0 unspecified atom stereocenters. The molecule has 16 heavy (non-hydrogen) atoms. The van der Waals surface area contributed by atoms with Crippen LogP contribution >= 0.6 is 0 Å². The first-order valence-corrected chi connectivity index (χ1v) is 5.23. The SMILES string of the molecule is C=Cc1ccc([N+](=O)[O-])cc1.CCNCC. The van der Waals surface area contributed by atoms with E-state index < -0.39 is 4.92 Å². The van der Waals surface area contributed by atoms with Crippen LogP contribution in [0.4, 0.5) is 5.69 Å². The summed E-state index contributed by atoms with van der Waals surface area (Å²) >= 11 is 0. The van der Waals surface area contributed by atoms with Gasteiger partial charge in [-0.1, -0.05) is 26.5 Å². The van der Waals surface area contributed by atoms with Gasteiger partial charge in [0, 0.05) is 12.1 Å². The molecule has 0 heterocycles. The predicted molar refractivity (Wildman–Crippen MR) is 67.4 cm³/mol. The van der Waals surface area contributed by atoms with Crippen LogP contribution in [-0.2, 0) is 0 Å². The third kappa shape index (κ3) is 5.93. The van der Waals surface area contributed by atoms with Gasteiger partial charge in [-0.25, -0.2) is 0 Å². The maximum absolute atomic E-state index is 10.2. The van der Waals surface area contributed by atoms with Crippen LogP contribution in [0.1, 0.15) is 19.4 Å². The Balaban J connectivity index is 0.000000385.